The molecule has 0 aliphatic heterocycles. The van der Waals surface area contributed by atoms with Crippen molar-refractivity contribution in [2.45, 2.75) is 6.92 Å². The second kappa shape index (κ2) is 5.20. The summed E-state index contributed by atoms with van der Waals surface area (Å²) in [5.41, 5.74) is 8.86. The van der Waals surface area contributed by atoms with Crippen LogP contribution in [0.1, 0.15) is 16.1 Å². The molecule has 5 heteroatoms. The Labute approximate surface area is 121 Å². The summed E-state index contributed by atoms with van der Waals surface area (Å²) < 4.78 is 0. The number of carbonyl (C=O) groups is 1. The molecule has 2 aromatic heterocycles. The third kappa shape index (κ3) is 2.67. The predicted octanol–water partition coefficient (Wildman–Crippen LogP) is 2.77. The molecule has 0 spiro atoms. The van der Waals surface area contributed by atoms with Gasteiger partial charge in [-0.05, 0) is 37.3 Å². The number of hydrogen-bond acceptors (Lipinski definition) is 4. The number of benzene rings is 1. The van der Waals surface area contributed by atoms with Gasteiger partial charge in [0.25, 0.3) is 5.91 Å². The third-order valence-electron chi connectivity index (χ3n) is 3.21. The van der Waals surface area contributed by atoms with E-state index in [0.717, 1.165) is 10.9 Å². The molecule has 2 heterocycles. The lowest BCUT2D eigenvalue weighted by molar-refractivity contribution is 0.102. The Morgan fingerprint density at radius 1 is 1.19 bits per heavy atom. The van der Waals surface area contributed by atoms with Gasteiger partial charge < -0.3 is 11.1 Å². The first-order chi connectivity index (χ1) is 10.1. The molecule has 5 nitrogen and oxygen atoms in total. The lowest BCUT2D eigenvalue weighted by Gasteiger charge is -2.08. The highest BCUT2D eigenvalue weighted by atomic mass is 16.1. The van der Waals surface area contributed by atoms with Crippen LogP contribution in [0.5, 0.6) is 0 Å². The van der Waals surface area contributed by atoms with Crippen LogP contribution in [0.4, 0.5) is 11.4 Å². The smallest absolute Gasteiger partial charge is 0.257 e. The molecule has 3 N–H and O–H groups in total. The summed E-state index contributed by atoms with van der Waals surface area (Å²) in [6.07, 6.45) is 3.27. The molecule has 104 valence electrons. The van der Waals surface area contributed by atoms with Crippen LogP contribution in [0.15, 0.2) is 48.8 Å². The van der Waals surface area contributed by atoms with E-state index < -0.39 is 0 Å². The van der Waals surface area contributed by atoms with Crippen LogP contribution >= 0.6 is 0 Å². The fraction of sp³-hybridized carbons (Fsp3) is 0.0625. The van der Waals surface area contributed by atoms with Crippen LogP contribution in [-0.2, 0) is 0 Å². The SMILES string of the molecule is Cc1ncc(N)cc1C(=O)Nc1ccc2ncccc2c1. The first-order valence-electron chi connectivity index (χ1n) is 6.52. The molecule has 3 rings (SSSR count). The van der Waals surface area contributed by atoms with E-state index in [1.165, 1.54) is 6.20 Å². The van der Waals surface area contributed by atoms with E-state index in [4.69, 9.17) is 5.73 Å². The highest BCUT2D eigenvalue weighted by Gasteiger charge is 2.11. The van der Waals surface area contributed by atoms with Crippen molar-refractivity contribution in [3.8, 4) is 0 Å². The van der Waals surface area contributed by atoms with Crippen molar-refractivity contribution in [1.29, 1.82) is 0 Å². The number of carbonyl (C=O) groups excluding carboxylic acids is 1. The summed E-state index contributed by atoms with van der Waals surface area (Å²) in [7, 11) is 0. The van der Waals surface area contributed by atoms with Crippen molar-refractivity contribution in [3.05, 3.63) is 60.0 Å². The van der Waals surface area contributed by atoms with E-state index >= 15 is 0 Å². The van der Waals surface area contributed by atoms with Crippen molar-refractivity contribution in [2.24, 2.45) is 0 Å². The van der Waals surface area contributed by atoms with Crippen molar-refractivity contribution >= 4 is 28.2 Å². The predicted molar refractivity (Wildman–Crippen MR) is 83.1 cm³/mol. The Morgan fingerprint density at radius 3 is 2.90 bits per heavy atom. The van der Waals surface area contributed by atoms with Crippen LogP contribution in [0.25, 0.3) is 10.9 Å². The summed E-state index contributed by atoms with van der Waals surface area (Å²) in [6.45, 7) is 1.78. The Balaban J connectivity index is 1.90. The van der Waals surface area contributed by atoms with Gasteiger partial charge in [0.15, 0.2) is 0 Å². The molecule has 0 saturated carbocycles. The van der Waals surface area contributed by atoms with Gasteiger partial charge >= 0.3 is 0 Å². The molecule has 0 saturated heterocycles. The summed E-state index contributed by atoms with van der Waals surface area (Å²) in [6, 6.07) is 11.0. The normalized spacial score (nSPS) is 10.5. The Bertz CT molecular complexity index is 829. The molecule has 0 radical (unpaired) electrons. The second-order valence-corrected chi connectivity index (χ2v) is 4.77. The highest BCUT2D eigenvalue weighted by molar-refractivity contribution is 6.06. The zero-order valence-electron chi connectivity index (χ0n) is 11.5. The number of amides is 1. The molecule has 0 atom stereocenters. The number of fused-ring (bicyclic) bond motifs is 1. The first-order valence-corrected chi connectivity index (χ1v) is 6.52. The monoisotopic (exact) mass is 278 g/mol. The summed E-state index contributed by atoms with van der Waals surface area (Å²) in [5, 5.41) is 3.83. The Hall–Kier alpha value is -2.95. The van der Waals surface area contributed by atoms with E-state index in [0.29, 0.717) is 22.6 Å². The van der Waals surface area contributed by atoms with Crippen molar-refractivity contribution in [2.75, 3.05) is 11.1 Å². The molecule has 0 bridgehead atoms. The number of nitrogens with two attached hydrogens (primary N) is 1. The number of aromatic nitrogens is 2. The molecule has 21 heavy (non-hydrogen) atoms. The van der Waals surface area contributed by atoms with E-state index in [2.05, 4.69) is 15.3 Å². The zero-order chi connectivity index (χ0) is 14.8. The minimum atomic E-state index is -0.226. The van der Waals surface area contributed by atoms with Crippen molar-refractivity contribution in [1.82, 2.24) is 9.97 Å². The van der Waals surface area contributed by atoms with E-state index in [9.17, 15) is 4.79 Å². The van der Waals surface area contributed by atoms with Crippen molar-refractivity contribution in [3.63, 3.8) is 0 Å². The van der Waals surface area contributed by atoms with Gasteiger partial charge in [0, 0.05) is 17.3 Å². The number of anilines is 2. The average Bonchev–Trinajstić information content (AvgIpc) is 2.49. The molecule has 1 aromatic carbocycles. The van der Waals surface area contributed by atoms with Gasteiger partial charge in [-0.3, -0.25) is 14.8 Å². The van der Waals surface area contributed by atoms with Gasteiger partial charge in [-0.25, -0.2) is 0 Å². The second-order valence-electron chi connectivity index (χ2n) is 4.77. The molecular formula is C16H14N4O. The number of nitrogen functional groups attached to an aromatic ring is 1. The maximum absolute atomic E-state index is 12.3. The quantitative estimate of drug-likeness (QED) is 0.755. The average molecular weight is 278 g/mol. The molecule has 0 unspecified atom stereocenters. The molecule has 0 aliphatic rings. The van der Waals surface area contributed by atoms with Gasteiger partial charge in [-0.15, -0.1) is 0 Å². The van der Waals surface area contributed by atoms with E-state index in [1.54, 1.807) is 19.2 Å². The number of nitrogens with one attached hydrogen (secondary N) is 1. The van der Waals surface area contributed by atoms with E-state index in [-0.39, 0.29) is 5.91 Å². The summed E-state index contributed by atoms with van der Waals surface area (Å²) >= 11 is 0. The lowest BCUT2D eigenvalue weighted by Crippen LogP contribution is -2.14. The Kier molecular flexibility index (Phi) is 3.23. The van der Waals surface area contributed by atoms with Gasteiger partial charge in [0.05, 0.1) is 28.7 Å². The molecular weight excluding hydrogens is 264 g/mol. The van der Waals surface area contributed by atoms with Crippen LogP contribution in [-0.4, -0.2) is 15.9 Å². The molecule has 3 aromatic rings. The summed E-state index contributed by atoms with van der Waals surface area (Å²) in [5.74, 6) is -0.226. The molecule has 1 amide bonds. The highest BCUT2D eigenvalue weighted by Crippen LogP contribution is 2.18. The van der Waals surface area contributed by atoms with Gasteiger partial charge in [0.2, 0.25) is 0 Å². The number of rotatable bonds is 2. The fourth-order valence-corrected chi connectivity index (χ4v) is 2.13. The topological polar surface area (TPSA) is 80.9 Å². The largest absolute Gasteiger partial charge is 0.397 e. The van der Waals surface area contributed by atoms with E-state index in [1.807, 2.05) is 30.3 Å². The number of nitrogens with zero attached hydrogens (tertiary/aromatic N) is 2. The lowest BCUT2D eigenvalue weighted by atomic mass is 10.1. The Morgan fingerprint density at radius 2 is 2.05 bits per heavy atom. The van der Waals surface area contributed by atoms with Crippen molar-refractivity contribution < 1.29 is 4.79 Å². The minimum absolute atomic E-state index is 0.226. The maximum atomic E-state index is 12.3. The fourth-order valence-electron chi connectivity index (χ4n) is 2.13. The van der Waals surface area contributed by atoms with Crippen LogP contribution in [0, 0.1) is 6.92 Å². The summed E-state index contributed by atoms with van der Waals surface area (Å²) in [4.78, 5) is 20.6. The first kappa shape index (κ1) is 13.1. The molecule has 0 aliphatic carbocycles. The maximum Gasteiger partial charge on any atom is 0.257 e. The number of pyridine rings is 2. The van der Waals surface area contributed by atoms with Crippen LogP contribution < -0.4 is 11.1 Å². The number of hydrogen-bond donors (Lipinski definition) is 2. The van der Waals surface area contributed by atoms with Gasteiger partial charge in [-0.1, -0.05) is 6.07 Å². The van der Waals surface area contributed by atoms with Gasteiger partial charge in [0.1, 0.15) is 0 Å². The zero-order valence-corrected chi connectivity index (χ0v) is 11.5. The minimum Gasteiger partial charge on any atom is -0.397 e. The van der Waals surface area contributed by atoms with Crippen LogP contribution in [0.2, 0.25) is 0 Å². The van der Waals surface area contributed by atoms with Crippen LogP contribution in [0.3, 0.4) is 0 Å². The third-order valence-corrected chi connectivity index (χ3v) is 3.21. The van der Waals surface area contributed by atoms with Gasteiger partial charge in [-0.2, -0.15) is 0 Å². The molecule has 0 fully saturated rings. The number of aryl methyl sites for hydroxylation is 1. The standard InChI is InChI=1S/C16H14N4O/c1-10-14(8-12(17)9-19-10)16(21)20-13-4-5-15-11(7-13)3-2-6-18-15/h2-9H,17H2,1H3,(H,20,21).